The van der Waals surface area contributed by atoms with Gasteiger partial charge in [-0.3, -0.25) is 4.79 Å². The van der Waals surface area contributed by atoms with E-state index in [9.17, 15) is 4.79 Å². The molecule has 0 amide bonds. The number of carboxylic acid groups (broad SMARTS) is 1. The fourth-order valence-corrected chi connectivity index (χ4v) is 1.85. The molecule has 0 saturated carbocycles. The van der Waals surface area contributed by atoms with E-state index in [2.05, 4.69) is 6.92 Å². The summed E-state index contributed by atoms with van der Waals surface area (Å²) in [6, 6.07) is 9.86. The van der Waals surface area contributed by atoms with Crippen molar-refractivity contribution in [3.05, 3.63) is 35.9 Å². The molecule has 1 rings (SSSR count). The lowest BCUT2D eigenvalue weighted by Crippen LogP contribution is -2.16. The van der Waals surface area contributed by atoms with Crippen molar-refractivity contribution >= 4 is 5.97 Å². The zero-order chi connectivity index (χ0) is 11.8. The summed E-state index contributed by atoms with van der Waals surface area (Å²) in [4.78, 5) is 11.1. The molecule has 0 heterocycles. The molecule has 0 spiro atoms. The Bertz CT molecular complexity index is 306. The van der Waals surface area contributed by atoms with Crippen LogP contribution < -0.4 is 0 Å². The third kappa shape index (κ3) is 4.47. The van der Waals surface area contributed by atoms with Crippen molar-refractivity contribution < 1.29 is 9.90 Å². The quantitative estimate of drug-likeness (QED) is 0.714. The molecule has 1 unspecified atom stereocenters. The largest absolute Gasteiger partial charge is 0.481 e. The molecule has 0 aliphatic heterocycles. The highest BCUT2D eigenvalue weighted by Crippen LogP contribution is 2.16. The van der Waals surface area contributed by atoms with Crippen LogP contribution in [0.2, 0.25) is 0 Å². The molecule has 1 atom stereocenters. The van der Waals surface area contributed by atoms with Gasteiger partial charge in [0.2, 0.25) is 0 Å². The minimum Gasteiger partial charge on any atom is -0.481 e. The van der Waals surface area contributed by atoms with Crippen LogP contribution in [0.3, 0.4) is 0 Å². The van der Waals surface area contributed by atoms with Crippen molar-refractivity contribution in [2.24, 2.45) is 5.92 Å². The highest BCUT2D eigenvalue weighted by atomic mass is 16.4. The van der Waals surface area contributed by atoms with Gasteiger partial charge in [0.1, 0.15) is 0 Å². The topological polar surface area (TPSA) is 37.3 Å². The number of unbranched alkanes of at least 4 members (excludes halogenated alkanes) is 2. The molecule has 2 heteroatoms. The third-order valence-corrected chi connectivity index (χ3v) is 2.83. The van der Waals surface area contributed by atoms with Gasteiger partial charge in [-0.05, 0) is 18.4 Å². The first-order chi connectivity index (χ1) is 7.74. The van der Waals surface area contributed by atoms with Crippen LogP contribution in [-0.2, 0) is 11.2 Å². The number of hydrogen-bond acceptors (Lipinski definition) is 1. The Balaban J connectivity index is 2.48. The van der Waals surface area contributed by atoms with E-state index in [0.717, 1.165) is 31.2 Å². The van der Waals surface area contributed by atoms with Crippen LogP contribution in [0.1, 0.15) is 38.2 Å². The third-order valence-electron chi connectivity index (χ3n) is 2.83. The number of aliphatic carboxylic acids is 1. The van der Waals surface area contributed by atoms with Crippen LogP contribution in [0, 0.1) is 5.92 Å². The van der Waals surface area contributed by atoms with Gasteiger partial charge in [-0.15, -0.1) is 0 Å². The zero-order valence-corrected chi connectivity index (χ0v) is 9.86. The second kappa shape index (κ2) is 7.04. The molecular weight excluding hydrogens is 200 g/mol. The van der Waals surface area contributed by atoms with Crippen molar-refractivity contribution in [3.63, 3.8) is 0 Å². The highest BCUT2D eigenvalue weighted by molar-refractivity contribution is 5.70. The summed E-state index contributed by atoms with van der Waals surface area (Å²) in [7, 11) is 0. The Morgan fingerprint density at radius 3 is 2.50 bits per heavy atom. The average Bonchev–Trinajstić information content (AvgIpc) is 2.29. The zero-order valence-electron chi connectivity index (χ0n) is 9.86. The molecule has 0 fully saturated rings. The lowest BCUT2D eigenvalue weighted by atomic mass is 9.94. The number of rotatable bonds is 7. The molecule has 0 aromatic heterocycles. The van der Waals surface area contributed by atoms with Gasteiger partial charge in [-0.1, -0.05) is 56.5 Å². The van der Waals surface area contributed by atoms with Crippen LogP contribution in [0.5, 0.6) is 0 Å². The summed E-state index contributed by atoms with van der Waals surface area (Å²) in [5.41, 5.74) is 1.12. The number of carboxylic acids is 1. The van der Waals surface area contributed by atoms with Gasteiger partial charge in [-0.2, -0.15) is 0 Å². The number of hydrogen-bond donors (Lipinski definition) is 1. The van der Waals surface area contributed by atoms with Crippen LogP contribution >= 0.6 is 0 Å². The molecule has 0 aliphatic carbocycles. The summed E-state index contributed by atoms with van der Waals surface area (Å²) < 4.78 is 0. The first-order valence-corrected chi connectivity index (χ1v) is 6.00. The number of carbonyl (C=O) groups is 1. The monoisotopic (exact) mass is 220 g/mol. The van der Waals surface area contributed by atoms with E-state index in [-0.39, 0.29) is 5.92 Å². The van der Waals surface area contributed by atoms with E-state index in [4.69, 9.17) is 5.11 Å². The van der Waals surface area contributed by atoms with E-state index in [0.29, 0.717) is 6.42 Å². The second-order valence-corrected chi connectivity index (χ2v) is 4.22. The summed E-state index contributed by atoms with van der Waals surface area (Å²) in [5, 5.41) is 9.13. The maximum atomic E-state index is 11.1. The predicted molar refractivity (Wildman–Crippen MR) is 65.4 cm³/mol. The molecule has 16 heavy (non-hydrogen) atoms. The Hall–Kier alpha value is -1.31. The van der Waals surface area contributed by atoms with E-state index >= 15 is 0 Å². The maximum absolute atomic E-state index is 11.1. The molecule has 2 nitrogen and oxygen atoms in total. The van der Waals surface area contributed by atoms with Gasteiger partial charge in [0, 0.05) is 0 Å². The molecule has 88 valence electrons. The van der Waals surface area contributed by atoms with Gasteiger partial charge >= 0.3 is 5.97 Å². The molecule has 0 aliphatic rings. The standard InChI is InChI=1S/C14H20O2/c1-2-3-5-10-13(14(15)16)11-12-8-6-4-7-9-12/h4,6-9,13H,2-3,5,10-11H2,1H3,(H,15,16). The van der Waals surface area contributed by atoms with E-state index in [1.165, 1.54) is 0 Å². The molecule has 0 radical (unpaired) electrons. The fourth-order valence-electron chi connectivity index (χ4n) is 1.85. The summed E-state index contributed by atoms with van der Waals surface area (Å²) in [6.45, 7) is 2.13. The highest BCUT2D eigenvalue weighted by Gasteiger charge is 2.16. The molecule has 0 saturated heterocycles. The van der Waals surface area contributed by atoms with Crippen molar-refractivity contribution in [2.75, 3.05) is 0 Å². The summed E-state index contributed by atoms with van der Waals surface area (Å²) >= 11 is 0. The first kappa shape index (κ1) is 12.8. The van der Waals surface area contributed by atoms with Gasteiger partial charge in [0.05, 0.1) is 5.92 Å². The van der Waals surface area contributed by atoms with Crippen LogP contribution in [0.25, 0.3) is 0 Å². The van der Waals surface area contributed by atoms with Crippen molar-refractivity contribution in [2.45, 2.75) is 39.0 Å². The molecular formula is C14H20O2. The first-order valence-electron chi connectivity index (χ1n) is 6.00. The van der Waals surface area contributed by atoms with Gasteiger partial charge < -0.3 is 5.11 Å². The van der Waals surface area contributed by atoms with Crippen molar-refractivity contribution in [3.8, 4) is 0 Å². The minimum atomic E-state index is -0.667. The lowest BCUT2D eigenvalue weighted by Gasteiger charge is -2.11. The average molecular weight is 220 g/mol. The lowest BCUT2D eigenvalue weighted by molar-refractivity contribution is -0.142. The maximum Gasteiger partial charge on any atom is 0.306 e. The van der Waals surface area contributed by atoms with E-state index in [1.807, 2.05) is 30.3 Å². The van der Waals surface area contributed by atoms with Crippen LogP contribution in [0.15, 0.2) is 30.3 Å². The van der Waals surface area contributed by atoms with Gasteiger partial charge in [0.25, 0.3) is 0 Å². The van der Waals surface area contributed by atoms with Gasteiger partial charge in [0.15, 0.2) is 0 Å². The smallest absolute Gasteiger partial charge is 0.306 e. The van der Waals surface area contributed by atoms with E-state index in [1.54, 1.807) is 0 Å². The Kier molecular flexibility index (Phi) is 5.62. The molecule has 1 N–H and O–H groups in total. The number of benzene rings is 1. The Morgan fingerprint density at radius 1 is 1.25 bits per heavy atom. The van der Waals surface area contributed by atoms with Crippen molar-refractivity contribution in [1.29, 1.82) is 0 Å². The Labute approximate surface area is 97.3 Å². The normalized spacial score (nSPS) is 12.3. The summed E-state index contributed by atoms with van der Waals surface area (Å²) in [6.07, 6.45) is 4.72. The molecule has 1 aromatic rings. The summed E-state index contributed by atoms with van der Waals surface area (Å²) in [5.74, 6) is -0.895. The van der Waals surface area contributed by atoms with Crippen LogP contribution in [0.4, 0.5) is 0 Å². The molecule has 0 bridgehead atoms. The van der Waals surface area contributed by atoms with Crippen molar-refractivity contribution in [1.82, 2.24) is 0 Å². The predicted octanol–water partition coefficient (Wildman–Crippen LogP) is 3.51. The van der Waals surface area contributed by atoms with Gasteiger partial charge in [-0.25, -0.2) is 0 Å². The van der Waals surface area contributed by atoms with E-state index < -0.39 is 5.97 Å². The molecule has 1 aromatic carbocycles. The Morgan fingerprint density at radius 2 is 1.94 bits per heavy atom. The fraction of sp³-hybridized carbons (Fsp3) is 0.500. The second-order valence-electron chi connectivity index (χ2n) is 4.22. The minimum absolute atomic E-state index is 0.228. The van der Waals surface area contributed by atoms with Crippen LogP contribution in [-0.4, -0.2) is 11.1 Å². The SMILES string of the molecule is CCCCCC(Cc1ccccc1)C(=O)O.